The average molecular weight is 268 g/mol. The van der Waals surface area contributed by atoms with Crippen LogP contribution >= 0.6 is 27.7 Å². The standard InChI is InChI=1S/C11H10BrNS/c1-14-11-7-6-10(13-11)8-2-4-9(12)5-3-8/h2-7,13H,1H3. The van der Waals surface area contributed by atoms with Crippen LogP contribution in [0, 0.1) is 0 Å². The van der Waals surface area contributed by atoms with Crippen LogP contribution in [0.4, 0.5) is 0 Å². The first kappa shape index (κ1) is 9.87. The van der Waals surface area contributed by atoms with Crippen LogP contribution in [0.2, 0.25) is 0 Å². The number of hydrogen-bond acceptors (Lipinski definition) is 1. The molecule has 0 bridgehead atoms. The Morgan fingerprint density at radius 2 is 1.79 bits per heavy atom. The number of benzene rings is 1. The molecule has 0 aliphatic carbocycles. The number of aromatic nitrogens is 1. The molecule has 3 heteroatoms. The van der Waals surface area contributed by atoms with Crippen LogP contribution in [0.25, 0.3) is 11.3 Å². The minimum absolute atomic E-state index is 1.11. The summed E-state index contributed by atoms with van der Waals surface area (Å²) in [7, 11) is 0. The van der Waals surface area contributed by atoms with Crippen LogP contribution in [0.3, 0.4) is 0 Å². The van der Waals surface area contributed by atoms with Crippen LogP contribution in [0.5, 0.6) is 0 Å². The van der Waals surface area contributed by atoms with Gasteiger partial charge < -0.3 is 4.98 Å². The van der Waals surface area contributed by atoms with Crippen LogP contribution in [0.1, 0.15) is 0 Å². The van der Waals surface area contributed by atoms with Gasteiger partial charge in [0, 0.05) is 10.2 Å². The van der Waals surface area contributed by atoms with Crippen molar-refractivity contribution in [1.82, 2.24) is 4.98 Å². The number of rotatable bonds is 2. The molecule has 1 aromatic heterocycles. The van der Waals surface area contributed by atoms with Gasteiger partial charge in [0.2, 0.25) is 0 Å². The molecule has 1 N–H and O–H groups in total. The van der Waals surface area contributed by atoms with Crippen LogP contribution in [0.15, 0.2) is 45.9 Å². The fourth-order valence-corrected chi connectivity index (χ4v) is 1.97. The van der Waals surface area contributed by atoms with Crippen LogP contribution in [-0.4, -0.2) is 11.2 Å². The van der Waals surface area contributed by atoms with Gasteiger partial charge in [-0.1, -0.05) is 28.1 Å². The Hall–Kier alpha value is -0.670. The van der Waals surface area contributed by atoms with E-state index in [4.69, 9.17) is 0 Å². The number of halogens is 1. The summed E-state index contributed by atoms with van der Waals surface area (Å²) in [6, 6.07) is 12.5. The Morgan fingerprint density at radius 3 is 2.36 bits per heavy atom. The van der Waals surface area contributed by atoms with E-state index in [0.29, 0.717) is 0 Å². The van der Waals surface area contributed by atoms with Crippen molar-refractivity contribution >= 4 is 27.7 Å². The van der Waals surface area contributed by atoms with Gasteiger partial charge >= 0.3 is 0 Å². The topological polar surface area (TPSA) is 15.8 Å². The third kappa shape index (κ3) is 2.04. The Kier molecular flexibility index (Phi) is 2.99. The number of hydrogen-bond donors (Lipinski definition) is 1. The summed E-state index contributed by atoms with van der Waals surface area (Å²) >= 11 is 5.15. The molecule has 0 unspecified atom stereocenters. The SMILES string of the molecule is CSc1ccc(-c2ccc(Br)cc2)[nH]1. The van der Waals surface area contributed by atoms with E-state index in [1.54, 1.807) is 11.8 Å². The first-order chi connectivity index (χ1) is 6.79. The second-order valence-corrected chi connectivity index (χ2v) is 4.71. The smallest absolute Gasteiger partial charge is 0.0723 e. The van der Waals surface area contributed by atoms with Crippen molar-refractivity contribution in [3.63, 3.8) is 0 Å². The molecular weight excluding hydrogens is 258 g/mol. The zero-order valence-electron chi connectivity index (χ0n) is 7.75. The molecular formula is C11H10BrNS. The Labute approximate surface area is 96.1 Å². The average Bonchev–Trinajstić information content (AvgIpc) is 2.67. The molecule has 0 aliphatic heterocycles. The highest BCUT2D eigenvalue weighted by atomic mass is 79.9. The monoisotopic (exact) mass is 267 g/mol. The summed E-state index contributed by atoms with van der Waals surface area (Å²) in [5, 5.41) is 1.20. The molecule has 0 aliphatic rings. The molecule has 0 atom stereocenters. The van der Waals surface area contributed by atoms with Gasteiger partial charge in [-0.15, -0.1) is 11.8 Å². The minimum Gasteiger partial charge on any atom is -0.350 e. The largest absolute Gasteiger partial charge is 0.350 e. The zero-order valence-corrected chi connectivity index (χ0v) is 10.2. The summed E-state index contributed by atoms with van der Waals surface area (Å²) in [6.45, 7) is 0. The summed E-state index contributed by atoms with van der Waals surface area (Å²) in [4.78, 5) is 3.35. The molecule has 0 spiro atoms. The van der Waals surface area contributed by atoms with E-state index in [-0.39, 0.29) is 0 Å². The normalized spacial score (nSPS) is 10.4. The lowest BCUT2D eigenvalue weighted by molar-refractivity contribution is 1.21. The van der Waals surface area contributed by atoms with Gasteiger partial charge in [0.1, 0.15) is 0 Å². The van der Waals surface area contributed by atoms with E-state index in [9.17, 15) is 0 Å². The van der Waals surface area contributed by atoms with Gasteiger partial charge in [0.15, 0.2) is 0 Å². The quantitative estimate of drug-likeness (QED) is 0.808. The van der Waals surface area contributed by atoms with Gasteiger partial charge in [-0.05, 0) is 36.1 Å². The maximum Gasteiger partial charge on any atom is 0.0723 e. The van der Waals surface area contributed by atoms with Gasteiger partial charge in [-0.25, -0.2) is 0 Å². The maximum absolute atomic E-state index is 3.42. The molecule has 0 fully saturated rings. The highest BCUT2D eigenvalue weighted by Gasteiger charge is 2.00. The van der Waals surface area contributed by atoms with Crippen LogP contribution in [-0.2, 0) is 0 Å². The Balaban J connectivity index is 2.34. The van der Waals surface area contributed by atoms with E-state index < -0.39 is 0 Å². The van der Waals surface area contributed by atoms with Gasteiger partial charge in [-0.2, -0.15) is 0 Å². The van der Waals surface area contributed by atoms with Crippen molar-refractivity contribution in [2.45, 2.75) is 5.03 Å². The first-order valence-electron chi connectivity index (χ1n) is 4.28. The van der Waals surface area contributed by atoms with E-state index in [2.05, 4.69) is 63.6 Å². The Bertz CT molecular complexity index is 419. The molecule has 1 nitrogen and oxygen atoms in total. The van der Waals surface area contributed by atoms with Crippen molar-refractivity contribution in [2.75, 3.05) is 6.26 Å². The highest BCUT2D eigenvalue weighted by molar-refractivity contribution is 9.10. The minimum atomic E-state index is 1.11. The Morgan fingerprint density at radius 1 is 1.07 bits per heavy atom. The van der Waals surface area contributed by atoms with Gasteiger partial charge in [0.05, 0.1) is 5.03 Å². The lowest BCUT2D eigenvalue weighted by Gasteiger charge is -1.97. The third-order valence-corrected chi connectivity index (χ3v) is 3.24. The molecule has 14 heavy (non-hydrogen) atoms. The number of nitrogens with one attached hydrogen (secondary N) is 1. The fraction of sp³-hybridized carbons (Fsp3) is 0.0909. The summed E-state index contributed by atoms with van der Waals surface area (Å²) in [5.41, 5.74) is 2.38. The summed E-state index contributed by atoms with van der Waals surface area (Å²) < 4.78 is 1.11. The molecule has 72 valence electrons. The third-order valence-electron chi connectivity index (χ3n) is 2.03. The second-order valence-electron chi connectivity index (χ2n) is 2.95. The van der Waals surface area contributed by atoms with Crippen LogP contribution < -0.4 is 0 Å². The van der Waals surface area contributed by atoms with Crippen molar-refractivity contribution in [3.05, 3.63) is 40.9 Å². The van der Waals surface area contributed by atoms with Crippen molar-refractivity contribution < 1.29 is 0 Å². The van der Waals surface area contributed by atoms with Crippen molar-refractivity contribution in [1.29, 1.82) is 0 Å². The number of aromatic amines is 1. The van der Waals surface area contributed by atoms with Crippen molar-refractivity contribution in [2.24, 2.45) is 0 Å². The predicted octanol–water partition coefficient (Wildman–Crippen LogP) is 4.17. The molecule has 0 radical (unpaired) electrons. The predicted molar refractivity (Wildman–Crippen MR) is 65.7 cm³/mol. The molecule has 2 rings (SSSR count). The molecule has 0 saturated carbocycles. The highest BCUT2D eigenvalue weighted by Crippen LogP contribution is 2.23. The van der Waals surface area contributed by atoms with Gasteiger partial charge in [-0.3, -0.25) is 0 Å². The van der Waals surface area contributed by atoms with Crippen molar-refractivity contribution in [3.8, 4) is 11.3 Å². The number of H-pyrrole nitrogens is 1. The van der Waals surface area contributed by atoms with Gasteiger partial charge in [0.25, 0.3) is 0 Å². The summed E-state index contributed by atoms with van der Waals surface area (Å²) in [5.74, 6) is 0. The summed E-state index contributed by atoms with van der Waals surface area (Å²) in [6.07, 6.45) is 2.07. The maximum atomic E-state index is 3.42. The molecule has 1 heterocycles. The van der Waals surface area contributed by atoms with E-state index in [1.807, 2.05) is 0 Å². The van der Waals surface area contributed by atoms with E-state index in [0.717, 1.165) is 4.47 Å². The molecule has 1 aromatic carbocycles. The van der Waals surface area contributed by atoms with E-state index in [1.165, 1.54) is 16.3 Å². The lowest BCUT2D eigenvalue weighted by Crippen LogP contribution is -1.76. The zero-order chi connectivity index (χ0) is 9.97. The molecule has 0 saturated heterocycles. The first-order valence-corrected chi connectivity index (χ1v) is 6.30. The number of thioether (sulfide) groups is 1. The lowest BCUT2D eigenvalue weighted by atomic mass is 10.2. The second kappa shape index (κ2) is 4.24. The fourth-order valence-electron chi connectivity index (χ4n) is 1.29. The van der Waals surface area contributed by atoms with E-state index >= 15 is 0 Å². The molecule has 0 amide bonds. The molecule has 2 aromatic rings.